The lowest BCUT2D eigenvalue weighted by atomic mass is 10.1. The van der Waals surface area contributed by atoms with Gasteiger partial charge in [0, 0.05) is 18.7 Å². The second kappa shape index (κ2) is 4.45. The van der Waals surface area contributed by atoms with Crippen LogP contribution < -0.4 is 0 Å². The molecule has 5 heteroatoms. The van der Waals surface area contributed by atoms with Crippen molar-refractivity contribution in [2.75, 3.05) is 0 Å². The minimum absolute atomic E-state index is 0.221. The number of carboxylic acid groups (broad SMARTS) is 1. The SMILES string of the molecule is Cn1c(-c2ccc(C(=O)O)cc2)nc2cc(F)ccc21. The van der Waals surface area contributed by atoms with Gasteiger partial charge < -0.3 is 9.67 Å². The number of aromatic carboxylic acids is 1. The summed E-state index contributed by atoms with van der Waals surface area (Å²) in [5, 5.41) is 8.88. The highest BCUT2D eigenvalue weighted by atomic mass is 19.1. The monoisotopic (exact) mass is 270 g/mol. The molecule has 0 fully saturated rings. The van der Waals surface area contributed by atoms with E-state index in [2.05, 4.69) is 4.98 Å². The zero-order valence-corrected chi connectivity index (χ0v) is 10.7. The first kappa shape index (κ1) is 12.3. The van der Waals surface area contributed by atoms with Gasteiger partial charge >= 0.3 is 5.97 Å². The van der Waals surface area contributed by atoms with Crippen LogP contribution in [0.4, 0.5) is 4.39 Å². The highest BCUT2D eigenvalue weighted by Crippen LogP contribution is 2.24. The third kappa shape index (κ3) is 1.93. The summed E-state index contributed by atoms with van der Waals surface area (Å²) in [5.74, 6) is -0.630. The van der Waals surface area contributed by atoms with Gasteiger partial charge in [0.1, 0.15) is 11.6 Å². The van der Waals surface area contributed by atoms with Crippen LogP contribution in [0.25, 0.3) is 22.4 Å². The van der Waals surface area contributed by atoms with Gasteiger partial charge in [-0.25, -0.2) is 14.2 Å². The number of carboxylic acids is 1. The largest absolute Gasteiger partial charge is 0.478 e. The third-order valence-electron chi connectivity index (χ3n) is 3.23. The maximum absolute atomic E-state index is 13.2. The Morgan fingerprint density at radius 2 is 1.90 bits per heavy atom. The van der Waals surface area contributed by atoms with Gasteiger partial charge in [0.05, 0.1) is 16.6 Å². The van der Waals surface area contributed by atoms with Crippen molar-refractivity contribution in [3.05, 3.63) is 53.8 Å². The molecule has 0 bridgehead atoms. The zero-order valence-electron chi connectivity index (χ0n) is 10.7. The van der Waals surface area contributed by atoms with Crippen molar-refractivity contribution in [3.63, 3.8) is 0 Å². The average Bonchev–Trinajstić information content (AvgIpc) is 2.75. The molecule has 3 aromatic rings. The van der Waals surface area contributed by atoms with E-state index >= 15 is 0 Å². The second-order valence-corrected chi connectivity index (χ2v) is 4.51. The van der Waals surface area contributed by atoms with Crippen LogP contribution in [-0.2, 0) is 7.05 Å². The average molecular weight is 270 g/mol. The van der Waals surface area contributed by atoms with E-state index in [0.717, 1.165) is 11.1 Å². The van der Waals surface area contributed by atoms with E-state index in [4.69, 9.17) is 5.11 Å². The molecule has 20 heavy (non-hydrogen) atoms. The molecule has 1 heterocycles. The number of aromatic nitrogens is 2. The summed E-state index contributed by atoms with van der Waals surface area (Å²) in [4.78, 5) is 15.2. The van der Waals surface area contributed by atoms with Crippen molar-refractivity contribution in [3.8, 4) is 11.4 Å². The van der Waals surface area contributed by atoms with Crippen molar-refractivity contribution >= 4 is 17.0 Å². The molecule has 0 aliphatic rings. The Balaban J connectivity index is 2.14. The molecule has 0 saturated carbocycles. The molecule has 0 atom stereocenters. The van der Waals surface area contributed by atoms with Gasteiger partial charge in [-0.05, 0) is 24.3 Å². The van der Waals surface area contributed by atoms with Crippen LogP contribution in [0.2, 0.25) is 0 Å². The predicted octanol–water partition coefficient (Wildman–Crippen LogP) is 3.08. The highest BCUT2D eigenvalue weighted by Gasteiger charge is 2.11. The molecule has 0 saturated heterocycles. The summed E-state index contributed by atoms with van der Waals surface area (Å²) < 4.78 is 15.1. The van der Waals surface area contributed by atoms with Gasteiger partial charge in [0.2, 0.25) is 0 Å². The van der Waals surface area contributed by atoms with Gasteiger partial charge in [-0.3, -0.25) is 0 Å². The number of imidazole rings is 1. The van der Waals surface area contributed by atoms with Crippen LogP contribution in [0.1, 0.15) is 10.4 Å². The number of carbonyl (C=O) groups is 1. The van der Waals surface area contributed by atoms with Gasteiger partial charge in [0.25, 0.3) is 0 Å². The molecule has 0 radical (unpaired) electrons. The minimum Gasteiger partial charge on any atom is -0.478 e. The van der Waals surface area contributed by atoms with Crippen LogP contribution in [-0.4, -0.2) is 20.6 Å². The number of aryl methyl sites for hydroxylation is 1. The smallest absolute Gasteiger partial charge is 0.335 e. The molecule has 4 nitrogen and oxygen atoms in total. The van der Waals surface area contributed by atoms with Crippen LogP contribution in [0.5, 0.6) is 0 Å². The van der Waals surface area contributed by atoms with Crippen molar-refractivity contribution in [1.82, 2.24) is 9.55 Å². The highest BCUT2D eigenvalue weighted by molar-refractivity contribution is 5.88. The molecular formula is C15H11FN2O2. The van der Waals surface area contributed by atoms with Crippen LogP contribution >= 0.6 is 0 Å². The molecule has 1 N–H and O–H groups in total. The first-order valence-corrected chi connectivity index (χ1v) is 6.02. The number of halogens is 1. The minimum atomic E-state index is -0.969. The maximum atomic E-state index is 13.2. The molecule has 0 spiro atoms. The Morgan fingerprint density at radius 1 is 1.20 bits per heavy atom. The summed E-state index contributed by atoms with van der Waals surface area (Å²) in [6.45, 7) is 0. The quantitative estimate of drug-likeness (QED) is 0.778. The van der Waals surface area contributed by atoms with Crippen LogP contribution in [0, 0.1) is 5.82 Å². The van der Waals surface area contributed by atoms with E-state index in [0.29, 0.717) is 11.3 Å². The molecule has 0 unspecified atom stereocenters. The number of benzene rings is 2. The van der Waals surface area contributed by atoms with E-state index in [1.807, 2.05) is 11.6 Å². The Hall–Kier alpha value is -2.69. The molecular weight excluding hydrogens is 259 g/mol. The fraction of sp³-hybridized carbons (Fsp3) is 0.0667. The lowest BCUT2D eigenvalue weighted by molar-refractivity contribution is 0.0697. The molecule has 1 aromatic heterocycles. The van der Waals surface area contributed by atoms with E-state index in [-0.39, 0.29) is 11.4 Å². The Kier molecular flexibility index (Phi) is 2.75. The zero-order chi connectivity index (χ0) is 14.3. The third-order valence-corrected chi connectivity index (χ3v) is 3.23. The standard InChI is InChI=1S/C15H11FN2O2/c1-18-13-7-6-11(16)8-12(13)17-14(18)9-2-4-10(5-3-9)15(19)20/h2-8H,1H3,(H,19,20). The van der Waals surface area contributed by atoms with Crippen molar-refractivity contribution < 1.29 is 14.3 Å². The Labute approximate surface area is 114 Å². The number of hydrogen-bond donors (Lipinski definition) is 1. The first-order chi connectivity index (χ1) is 9.56. The predicted molar refractivity (Wildman–Crippen MR) is 73.1 cm³/mol. The fourth-order valence-electron chi connectivity index (χ4n) is 2.19. The van der Waals surface area contributed by atoms with Crippen molar-refractivity contribution in [1.29, 1.82) is 0 Å². The van der Waals surface area contributed by atoms with Gasteiger partial charge in [0.15, 0.2) is 0 Å². The Morgan fingerprint density at radius 3 is 2.55 bits per heavy atom. The van der Waals surface area contributed by atoms with Gasteiger partial charge in [-0.2, -0.15) is 0 Å². The molecule has 0 aliphatic heterocycles. The van der Waals surface area contributed by atoms with Gasteiger partial charge in [-0.1, -0.05) is 12.1 Å². The van der Waals surface area contributed by atoms with Crippen molar-refractivity contribution in [2.24, 2.45) is 7.05 Å². The number of nitrogens with zero attached hydrogens (tertiary/aromatic N) is 2. The number of fused-ring (bicyclic) bond motifs is 1. The van der Waals surface area contributed by atoms with Gasteiger partial charge in [-0.15, -0.1) is 0 Å². The van der Waals surface area contributed by atoms with Crippen LogP contribution in [0.3, 0.4) is 0 Å². The number of rotatable bonds is 2. The molecule has 0 aliphatic carbocycles. The van der Waals surface area contributed by atoms with Crippen LogP contribution in [0.15, 0.2) is 42.5 Å². The Bertz CT molecular complexity index is 807. The lowest BCUT2D eigenvalue weighted by Crippen LogP contribution is -1.96. The summed E-state index contributed by atoms with van der Waals surface area (Å²) in [6, 6.07) is 10.9. The van der Waals surface area contributed by atoms with E-state index in [1.54, 1.807) is 18.2 Å². The van der Waals surface area contributed by atoms with E-state index < -0.39 is 5.97 Å². The fourth-order valence-corrected chi connectivity index (χ4v) is 2.19. The van der Waals surface area contributed by atoms with E-state index in [9.17, 15) is 9.18 Å². The lowest BCUT2D eigenvalue weighted by Gasteiger charge is -2.03. The molecule has 100 valence electrons. The normalized spacial score (nSPS) is 10.9. The summed E-state index contributed by atoms with van der Waals surface area (Å²) in [5.41, 5.74) is 2.40. The molecule has 3 rings (SSSR count). The van der Waals surface area contributed by atoms with Crippen molar-refractivity contribution in [2.45, 2.75) is 0 Å². The summed E-state index contributed by atoms with van der Waals surface area (Å²) in [6.07, 6.45) is 0. The second-order valence-electron chi connectivity index (χ2n) is 4.51. The number of hydrogen-bond acceptors (Lipinski definition) is 2. The topological polar surface area (TPSA) is 55.1 Å². The van der Waals surface area contributed by atoms with E-state index in [1.165, 1.54) is 24.3 Å². The maximum Gasteiger partial charge on any atom is 0.335 e. The first-order valence-electron chi connectivity index (χ1n) is 6.02. The molecule has 2 aromatic carbocycles. The summed E-state index contributed by atoms with van der Waals surface area (Å²) >= 11 is 0. The summed E-state index contributed by atoms with van der Waals surface area (Å²) in [7, 11) is 1.84. The molecule has 0 amide bonds.